The molecule has 0 spiro atoms. The zero-order chi connectivity index (χ0) is 20.6. The molecule has 3 rings (SSSR count). The van der Waals surface area contributed by atoms with Gasteiger partial charge in [-0.05, 0) is 11.1 Å². The van der Waals surface area contributed by atoms with Gasteiger partial charge in [-0.1, -0.05) is 60.7 Å². The van der Waals surface area contributed by atoms with Gasteiger partial charge in [-0.15, -0.1) is 0 Å². The maximum Gasteiger partial charge on any atom is 0.217 e. The number of aliphatic hydroxyl groups is 2. The predicted molar refractivity (Wildman–Crippen MR) is 106 cm³/mol. The molecule has 0 bridgehead atoms. The number of carbonyl (C=O) groups excluding carboxylic acids is 1. The van der Waals surface area contributed by atoms with E-state index in [4.69, 9.17) is 14.2 Å². The van der Waals surface area contributed by atoms with E-state index < -0.39 is 37.3 Å². The maximum atomic E-state index is 11.8. The molecule has 29 heavy (non-hydrogen) atoms. The van der Waals surface area contributed by atoms with Crippen LogP contribution in [0.5, 0.6) is 0 Å². The molecule has 2 aromatic carbocycles. The fraction of sp³-hybridized carbons (Fsp3) is 0.409. The first-order chi connectivity index (χ1) is 14.1. The van der Waals surface area contributed by atoms with Gasteiger partial charge in [0, 0.05) is 6.92 Å². The van der Waals surface area contributed by atoms with Crippen molar-refractivity contribution >= 4 is 5.91 Å². The number of aliphatic hydroxyl groups excluding tert-OH is 2. The second-order valence-electron chi connectivity index (χ2n) is 7.00. The van der Waals surface area contributed by atoms with E-state index in [2.05, 4.69) is 5.32 Å². The molecule has 1 aliphatic rings. The Morgan fingerprint density at radius 2 is 1.55 bits per heavy atom. The summed E-state index contributed by atoms with van der Waals surface area (Å²) in [4.78, 5) is 11.8. The quantitative estimate of drug-likeness (QED) is 0.618. The number of hydrogen-bond donors (Lipinski definition) is 3. The molecule has 0 unspecified atom stereocenters. The lowest BCUT2D eigenvalue weighted by molar-refractivity contribution is -0.281. The van der Waals surface area contributed by atoms with E-state index in [0.717, 1.165) is 11.1 Å². The van der Waals surface area contributed by atoms with Crippen molar-refractivity contribution in [1.82, 2.24) is 5.32 Å². The molecule has 0 aromatic heterocycles. The Kier molecular flexibility index (Phi) is 7.74. The first-order valence-corrected chi connectivity index (χ1v) is 9.61. The molecule has 1 amide bonds. The zero-order valence-electron chi connectivity index (χ0n) is 16.3. The van der Waals surface area contributed by atoms with Gasteiger partial charge in [0.25, 0.3) is 0 Å². The van der Waals surface area contributed by atoms with E-state index in [9.17, 15) is 15.0 Å². The van der Waals surface area contributed by atoms with Crippen LogP contribution < -0.4 is 5.32 Å². The molecular weight excluding hydrogens is 374 g/mol. The SMILES string of the molecule is CC(=O)N[C@@H]1[C@H](OCc2ccccc2)O[C@H](CO)[C@@H](O)[C@@H]1OCc1ccccc1. The van der Waals surface area contributed by atoms with Crippen molar-refractivity contribution in [3.05, 3.63) is 71.8 Å². The normalized spacial score (nSPS) is 26.8. The molecule has 2 aromatic rings. The van der Waals surface area contributed by atoms with Crippen molar-refractivity contribution in [3.8, 4) is 0 Å². The third kappa shape index (κ3) is 5.85. The fourth-order valence-corrected chi connectivity index (χ4v) is 3.32. The first-order valence-electron chi connectivity index (χ1n) is 9.61. The number of amides is 1. The van der Waals surface area contributed by atoms with Gasteiger partial charge < -0.3 is 29.7 Å². The molecule has 1 heterocycles. The Morgan fingerprint density at radius 1 is 1.00 bits per heavy atom. The Bertz CT molecular complexity index is 756. The van der Waals surface area contributed by atoms with Crippen LogP contribution in [-0.2, 0) is 32.2 Å². The minimum absolute atomic E-state index is 0.238. The van der Waals surface area contributed by atoms with Gasteiger partial charge in [0.15, 0.2) is 6.29 Å². The van der Waals surface area contributed by atoms with Crippen LogP contribution >= 0.6 is 0 Å². The summed E-state index contributed by atoms with van der Waals surface area (Å²) in [6.45, 7) is 1.47. The van der Waals surface area contributed by atoms with Crippen LogP contribution in [0.15, 0.2) is 60.7 Å². The second-order valence-corrected chi connectivity index (χ2v) is 7.00. The minimum Gasteiger partial charge on any atom is -0.394 e. The summed E-state index contributed by atoms with van der Waals surface area (Å²) in [5.41, 5.74) is 1.86. The zero-order valence-corrected chi connectivity index (χ0v) is 16.3. The number of ether oxygens (including phenoxy) is 3. The highest BCUT2D eigenvalue weighted by atomic mass is 16.7. The van der Waals surface area contributed by atoms with Gasteiger partial charge in [0.2, 0.25) is 5.91 Å². The van der Waals surface area contributed by atoms with Crippen LogP contribution in [0.1, 0.15) is 18.1 Å². The smallest absolute Gasteiger partial charge is 0.217 e. The summed E-state index contributed by atoms with van der Waals surface area (Å²) >= 11 is 0. The number of nitrogens with one attached hydrogen (secondary N) is 1. The molecule has 0 saturated carbocycles. The van der Waals surface area contributed by atoms with E-state index in [-0.39, 0.29) is 19.1 Å². The topological polar surface area (TPSA) is 97.3 Å². The number of carbonyl (C=O) groups is 1. The molecule has 1 aliphatic heterocycles. The van der Waals surface area contributed by atoms with Crippen LogP contribution in [0.3, 0.4) is 0 Å². The third-order valence-corrected chi connectivity index (χ3v) is 4.77. The summed E-state index contributed by atoms with van der Waals surface area (Å²) < 4.78 is 17.6. The summed E-state index contributed by atoms with van der Waals surface area (Å²) in [6, 6.07) is 18.3. The number of rotatable bonds is 8. The average molecular weight is 401 g/mol. The monoisotopic (exact) mass is 401 g/mol. The maximum absolute atomic E-state index is 11.8. The number of benzene rings is 2. The second kappa shape index (κ2) is 10.5. The highest BCUT2D eigenvalue weighted by Crippen LogP contribution is 2.26. The fourth-order valence-electron chi connectivity index (χ4n) is 3.32. The van der Waals surface area contributed by atoms with Gasteiger partial charge in [-0.3, -0.25) is 4.79 Å². The van der Waals surface area contributed by atoms with Crippen LogP contribution in [0.25, 0.3) is 0 Å². The van der Waals surface area contributed by atoms with E-state index in [0.29, 0.717) is 0 Å². The van der Waals surface area contributed by atoms with Crippen molar-refractivity contribution in [2.24, 2.45) is 0 Å². The van der Waals surface area contributed by atoms with Gasteiger partial charge in [0.1, 0.15) is 24.4 Å². The van der Waals surface area contributed by atoms with Crippen LogP contribution in [0.4, 0.5) is 0 Å². The average Bonchev–Trinajstić information content (AvgIpc) is 2.74. The highest BCUT2D eigenvalue weighted by molar-refractivity contribution is 5.73. The molecule has 3 N–H and O–H groups in total. The standard InChI is InChI=1S/C22H27NO6/c1-15(25)23-19-21(27-13-16-8-4-2-5-9-16)20(26)18(12-24)29-22(19)28-14-17-10-6-3-7-11-17/h2-11,18-22,24,26H,12-14H2,1H3,(H,23,25)/t18-,19+,20-,21-,22-/m1/s1. The van der Waals surface area contributed by atoms with Crippen LogP contribution in [-0.4, -0.2) is 53.4 Å². The Morgan fingerprint density at radius 3 is 2.07 bits per heavy atom. The van der Waals surface area contributed by atoms with Gasteiger partial charge in [-0.2, -0.15) is 0 Å². The lowest BCUT2D eigenvalue weighted by Crippen LogP contribution is -2.65. The molecule has 7 nitrogen and oxygen atoms in total. The lowest BCUT2D eigenvalue weighted by Gasteiger charge is -2.44. The summed E-state index contributed by atoms with van der Waals surface area (Å²) in [5, 5.41) is 23.1. The van der Waals surface area contributed by atoms with Gasteiger partial charge >= 0.3 is 0 Å². The highest BCUT2D eigenvalue weighted by Gasteiger charge is 2.46. The Hall–Kier alpha value is -2.29. The molecule has 0 aliphatic carbocycles. The summed E-state index contributed by atoms with van der Waals surface area (Å²) in [7, 11) is 0. The molecule has 1 saturated heterocycles. The minimum atomic E-state index is -1.13. The van der Waals surface area contributed by atoms with Crippen molar-refractivity contribution in [1.29, 1.82) is 0 Å². The first kappa shape index (κ1) is 21.4. The molecule has 7 heteroatoms. The Balaban J connectivity index is 1.76. The van der Waals surface area contributed by atoms with Gasteiger partial charge in [-0.25, -0.2) is 0 Å². The van der Waals surface area contributed by atoms with Crippen LogP contribution in [0, 0.1) is 0 Å². The molecule has 5 atom stereocenters. The van der Waals surface area contributed by atoms with Crippen LogP contribution in [0.2, 0.25) is 0 Å². The molecule has 156 valence electrons. The Labute approximate surface area is 170 Å². The molecular formula is C22H27NO6. The number of hydrogen-bond acceptors (Lipinski definition) is 6. The van der Waals surface area contributed by atoms with E-state index in [1.807, 2.05) is 60.7 Å². The largest absolute Gasteiger partial charge is 0.394 e. The van der Waals surface area contributed by atoms with Crippen molar-refractivity contribution < 1.29 is 29.2 Å². The molecule has 1 fully saturated rings. The van der Waals surface area contributed by atoms with Crippen molar-refractivity contribution in [2.75, 3.05) is 6.61 Å². The van der Waals surface area contributed by atoms with E-state index >= 15 is 0 Å². The van der Waals surface area contributed by atoms with Crippen molar-refractivity contribution in [2.45, 2.75) is 50.8 Å². The summed E-state index contributed by atoms with van der Waals surface area (Å²) in [5.74, 6) is -0.296. The van der Waals surface area contributed by atoms with Gasteiger partial charge in [0.05, 0.1) is 19.8 Å². The summed E-state index contributed by atoms with van der Waals surface area (Å²) in [6.07, 6.45) is -3.72. The molecule has 0 radical (unpaired) electrons. The van der Waals surface area contributed by atoms with E-state index in [1.54, 1.807) is 0 Å². The predicted octanol–water partition coefficient (Wildman–Crippen LogP) is 1.37. The van der Waals surface area contributed by atoms with E-state index in [1.165, 1.54) is 6.92 Å². The lowest BCUT2D eigenvalue weighted by atomic mass is 9.96. The third-order valence-electron chi connectivity index (χ3n) is 4.77. The van der Waals surface area contributed by atoms with Crippen molar-refractivity contribution in [3.63, 3.8) is 0 Å².